The lowest BCUT2D eigenvalue weighted by atomic mass is 9.83. The highest BCUT2D eigenvalue weighted by Crippen LogP contribution is 2.42. The fourth-order valence-corrected chi connectivity index (χ4v) is 4.18. The summed E-state index contributed by atoms with van der Waals surface area (Å²) in [7, 11) is 0. The van der Waals surface area contributed by atoms with E-state index in [1.54, 1.807) is 11.0 Å². The number of para-hydroxylation sites is 1. The number of rotatable bonds is 4. The van der Waals surface area contributed by atoms with E-state index in [4.69, 9.17) is 10.5 Å². The van der Waals surface area contributed by atoms with Gasteiger partial charge in [-0.15, -0.1) is 0 Å². The quantitative estimate of drug-likeness (QED) is 0.720. The molecule has 29 heavy (non-hydrogen) atoms. The van der Waals surface area contributed by atoms with Crippen molar-refractivity contribution in [2.75, 3.05) is 19.6 Å². The summed E-state index contributed by atoms with van der Waals surface area (Å²) in [5.41, 5.74) is 10.9. The van der Waals surface area contributed by atoms with Crippen LogP contribution in [0, 0.1) is 0 Å². The second-order valence-corrected chi connectivity index (χ2v) is 7.66. The first kappa shape index (κ1) is 18.1. The van der Waals surface area contributed by atoms with Gasteiger partial charge in [0.05, 0.1) is 12.7 Å². The van der Waals surface area contributed by atoms with E-state index in [1.807, 2.05) is 6.07 Å². The van der Waals surface area contributed by atoms with Gasteiger partial charge in [0.2, 0.25) is 0 Å². The molecule has 6 nitrogen and oxygen atoms in total. The van der Waals surface area contributed by atoms with Crippen molar-refractivity contribution in [3.63, 3.8) is 0 Å². The average Bonchev–Trinajstić information content (AvgIpc) is 3.23. The number of piperidine rings is 1. The Balaban J connectivity index is 1.50. The molecule has 0 bridgehead atoms. The molecule has 5 rings (SSSR count). The Morgan fingerprint density at radius 2 is 1.79 bits per heavy atom. The van der Waals surface area contributed by atoms with Crippen molar-refractivity contribution >= 4 is 5.57 Å². The molecule has 2 aliphatic heterocycles. The Hall–Kier alpha value is -2.96. The second-order valence-electron chi connectivity index (χ2n) is 7.66. The lowest BCUT2D eigenvalue weighted by molar-refractivity contribution is 0.0817. The van der Waals surface area contributed by atoms with Crippen molar-refractivity contribution in [2.45, 2.75) is 25.0 Å². The van der Waals surface area contributed by atoms with Crippen molar-refractivity contribution < 1.29 is 4.74 Å². The number of nitrogens with two attached hydrogens (primary N) is 1. The smallest absolute Gasteiger partial charge is 0.130 e. The molecule has 6 heteroatoms. The van der Waals surface area contributed by atoms with E-state index in [-0.39, 0.29) is 5.60 Å². The Kier molecular flexibility index (Phi) is 4.66. The van der Waals surface area contributed by atoms with E-state index in [1.165, 1.54) is 11.1 Å². The first-order valence-electron chi connectivity index (χ1n) is 10.2. The lowest BCUT2D eigenvalue weighted by Gasteiger charge is -2.40. The number of benzene rings is 2. The maximum absolute atomic E-state index is 6.48. The summed E-state index contributed by atoms with van der Waals surface area (Å²) >= 11 is 0. The minimum Gasteiger partial charge on any atom is -0.482 e. The number of fused-ring (bicyclic) bond motifs is 1. The van der Waals surface area contributed by atoms with Gasteiger partial charge in [-0.25, -0.2) is 0 Å². The molecule has 1 fully saturated rings. The number of ether oxygens (including phenoxy) is 1. The van der Waals surface area contributed by atoms with E-state index in [9.17, 15) is 0 Å². The van der Waals surface area contributed by atoms with Gasteiger partial charge in [-0.1, -0.05) is 42.5 Å². The van der Waals surface area contributed by atoms with Crippen LogP contribution >= 0.6 is 0 Å². The van der Waals surface area contributed by atoms with Gasteiger partial charge >= 0.3 is 0 Å². The van der Waals surface area contributed by atoms with E-state index in [2.05, 4.69) is 64.1 Å². The number of nitrogens with zero attached hydrogens (tertiary/aromatic N) is 3. The zero-order valence-corrected chi connectivity index (χ0v) is 16.3. The van der Waals surface area contributed by atoms with E-state index >= 15 is 0 Å². The minimum atomic E-state index is -0.224. The molecular weight excluding hydrogens is 362 g/mol. The Morgan fingerprint density at radius 3 is 2.59 bits per heavy atom. The van der Waals surface area contributed by atoms with Gasteiger partial charge in [0.15, 0.2) is 0 Å². The summed E-state index contributed by atoms with van der Waals surface area (Å²) in [6.45, 7) is 3.10. The number of hydrogen-bond donors (Lipinski definition) is 2. The highest BCUT2D eigenvalue weighted by Gasteiger charge is 2.36. The van der Waals surface area contributed by atoms with E-state index in [0.717, 1.165) is 48.5 Å². The predicted molar refractivity (Wildman–Crippen MR) is 113 cm³/mol. The highest BCUT2D eigenvalue weighted by molar-refractivity contribution is 5.85. The van der Waals surface area contributed by atoms with E-state index in [0.29, 0.717) is 13.1 Å². The molecule has 0 amide bonds. The summed E-state index contributed by atoms with van der Waals surface area (Å²) in [5, 5.41) is 12.2. The van der Waals surface area contributed by atoms with Crippen LogP contribution in [0.25, 0.3) is 16.8 Å². The summed E-state index contributed by atoms with van der Waals surface area (Å²) in [5.74, 6) is 0.973. The summed E-state index contributed by atoms with van der Waals surface area (Å²) in [6, 6.07) is 16.9. The second kappa shape index (κ2) is 7.46. The van der Waals surface area contributed by atoms with Gasteiger partial charge in [0.1, 0.15) is 17.0 Å². The maximum atomic E-state index is 6.48. The fourth-order valence-electron chi connectivity index (χ4n) is 4.18. The third kappa shape index (κ3) is 3.45. The van der Waals surface area contributed by atoms with Crippen LogP contribution in [0.1, 0.15) is 24.0 Å². The maximum Gasteiger partial charge on any atom is 0.130 e. The number of aromatic nitrogens is 3. The molecule has 2 aliphatic rings. The van der Waals surface area contributed by atoms with Gasteiger partial charge in [0, 0.05) is 30.5 Å². The third-order valence-corrected chi connectivity index (χ3v) is 5.70. The largest absolute Gasteiger partial charge is 0.482 e. The van der Waals surface area contributed by atoms with Crippen molar-refractivity contribution in [2.24, 2.45) is 5.73 Å². The Morgan fingerprint density at radius 1 is 1.03 bits per heavy atom. The molecule has 0 unspecified atom stereocenters. The van der Waals surface area contributed by atoms with Crippen LogP contribution in [0.15, 0.2) is 60.8 Å². The average molecular weight is 387 g/mol. The minimum absolute atomic E-state index is 0.224. The molecular formula is C23H25N5O. The normalized spacial score (nSPS) is 17.5. The molecule has 0 aliphatic carbocycles. The van der Waals surface area contributed by atoms with Crippen LogP contribution in [0.4, 0.5) is 0 Å². The molecule has 3 heterocycles. The third-order valence-electron chi connectivity index (χ3n) is 5.70. The van der Waals surface area contributed by atoms with Crippen LogP contribution < -0.4 is 15.8 Å². The fraction of sp³-hybridized carbons (Fsp3) is 0.304. The lowest BCUT2D eigenvalue weighted by Crippen LogP contribution is -2.46. The first-order valence-corrected chi connectivity index (χ1v) is 10.2. The van der Waals surface area contributed by atoms with Crippen LogP contribution in [0.5, 0.6) is 5.75 Å². The van der Waals surface area contributed by atoms with E-state index < -0.39 is 0 Å². The Labute approximate surface area is 170 Å². The van der Waals surface area contributed by atoms with Crippen molar-refractivity contribution in [3.05, 3.63) is 71.9 Å². The molecule has 0 saturated carbocycles. The van der Waals surface area contributed by atoms with Crippen molar-refractivity contribution in [1.29, 1.82) is 0 Å². The van der Waals surface area contributed by atoms with Gasteiger partial charge in [0.25, 0.3) is 0 Å². The zero-order chi connectivity index (χ0) is 19.7. The number of hydrogen-bond acceptors (Lipinski definition) is 5. The van der Waals surface area contributed by atoms with Crippen LogP contribution in [-0.4, -0.2) is 40.2 Å². The molecule has 1 saturated heterocycles. The predicted octanol–water partition coefficient (Wildman–Crippen LogP) is 2.85. The summed E-state index contributed by atoms with van der Waals surface area (Å²) < 4.78 is 6.48. The zero-order valence-electron chi connectivity index (χ0n) is 16.3. The van der Waals surface area contributed by atoms with Crippen LogP contribution in [-0.2, 0) is 6.54 Å². The van der Waals surface area contributed by atoms with Crippen LogP contribution in [0.3, 0.4) is 0 Å². The monoisotopic (exact) mass is 387 g/mol. The Bertz CT molecular complexity index is 1030. The molecule has 2 aromatic carbocycles. The van der Waals surface area contributed by atoms with Gasteiger partial charge in [-0.2, -0.15) is 15.0 Å². The molecule has 0 radical (unpaired) electrons. The standard InChI is InChI=1S/C23H25N5O/c24-11-14-28-26-16-21(27-28)18-7-5-17(6-8-18)20-15-23(9-12-25-13-10-23)29-22-4-2-1-3-19(20)22/h1-8,15-16,25H,9-14,24H2. The number of nitrogens with one attached hydrogen (secondary N) is 1. The molecule has 3 aromatic rings. The first-order chi connectivity index (χ1) is 14.3. The highest BCUT2D eigenvalue weighted by atomic mass is 16.5. The van der Waals surface area contributed by atoms with Gasteiger partial charge in [-0.05, 0) is 36.4 Å². The molecule has 1 aromatic heterocycles. The summed E-state index contributed by atoms with van der Waals surface area (Å²) in [6.07, 6.45) is 6.08. The van der Waals surface area contributed by atoms with Gasteiger partial charge < -0.3 is 15.8 Å². The van der Waals surface area contributed by atoms with Crippen LogP contribution in [0.2, 0.25) is 0 Å². The molecule has 0 atom stereocenters. The molecule has 148 valence electrons. The topological polar surface area (TPSA) is 78.0 Å². The van der Waals surface area contributed by atoms with Gasteiger partial charge in [-0.3, -0.25) is 0 Å². The molecule has 1 spiro atoms. The van der Waals surface area contributed by atoms with Crippen molar-refractivity contribution in [3.8, 4) is 17.0 Å². The SMILES string of the molecule is NCCn1ncc(-c2ccc(C3=CC4(CCNCC4)Oc4ccccc43)cc2)n1. The summed E-state index contributed by atoms with van der Waals surface area (Å²) in [4.78, 5) is 1.64. The van der Waals surface area contributed by atoms with Crippen molar-refractivity contribution in [1.82, 2.24) is 20.3 Å². The molecule has 3 N–H and O–H groups in total.